The van der Waals surface area contributed by atoms with Gasteiger partial charge in [-0.1, -0.05) is 0 Å². The van der Waals surface area contributed by atoms with Crippen molar-refractivity contribution in [2.45, 2.75) is 20.3 Å². The largest absolute Gasteiger partial charge is 0.396 e. The lowest BCUT2D eigenvalue weighted by Gasteiger charge is -2.06. The van der Waals surface area contributed by atoms with E-state index < -0.39 is 0 Å². The minimum absolute atomic E-state index is 0.163. The van der Waals surface area contributed by atoms with Crippen molar-refractivity contribution in [3.8, 4) is 0 Å². The Balaban J connectivity index is 2.44. The summed E-state index contributed by atoms with van der Waals surface area (Å²) in [5.41, 5.74) is 1.19. The van der Waals surface area contributed by atoms with Crippen molar-refractivity contribution in [3.05, 3.63) is 15.7 Å². The number of aryl methyl sites for hydroxylation is 2. The number of nitrogens with one attached hydrogen (secondary N) is 1. The third kappa shape index (κ3) is 2.51. The Kier molecular flexibility index (Phi) is 3.81. The van der Waals surface area contributed by atoms with E-state index in [1.165, 1.54) is 10.4 Å². The standard InChI is InChI=1S/C11H14ClN3OS/c1-6-7(2)17-10-8(6)9(13-4-3-5-16)14-11(12)15-10/h16H,3-5H2,1-2H3,(H,13,14,15). The molecule has 0 radical (unpaired) electrons. The van der Waals surface area contributed by atoms with E-state index in [0.29, 0.717) is 13.0 Å². The van der Waals surface area contributed by atoms with E-state index in [9.17, 15) is 0 Å². The SMILES string of the molecule is Cc1sc2nc(Cl)nc(NCCCO)c2c1C. The van der Waals surface area contributed by atoms with E-state index in [1.807, 2.05) is 0 Å². The molecule has 6 heteroatoms. The van der Waals surface area contributed by atoms with Gasteiger partial charge in [0.1, 0.15) is 10.6 Å². The van der Waals surface area contributed by atoms with Gasteiger partial charge in [-0.3, -0.25) is 0 Å². The third-order valence-corrected chi connectivity index (χ3v) is 3.90. The quantitative estimate of drug-likeness (QED) is 0.663. The molecule has 0 amide bonds. The zero-order valence-electron chi connectivity index (χ0n) is 9.75. The molecule has 0 saturated heterocycles. The van der Waals surface area contributed by atoms with Crippen LogP contribution in [0.15, 0.2) is 0 Å². The van der Waals surface area contributed by atoms with Crippen LogP contribution in [0.3, 0.4) is 0 Å². The van der Waals surface area contributed by atoms with Gasteiger partial charge in [-0.25, -0.2) is 9.97 Å². The Bertz CT molecular complexity index is 541. The van der Waals surface area contributed by atoms with E-state index >= 15 is 0 Å². The highest BCUT2D eigenvalue weighted by atomic mass is 35.5. The minimum atomic E-state index is 0.163. The highest BCUT2D eigenvalue weighted by Gasteiger charge is 2.13. The molecule has 0 atom stereocenters. The van der Waals surface area contributed by atoms with Crippen LogP contribution in [0.2, 0.25) is 5.28 Å². The Morgan fingerprint density at radius 2 is 2.12 bits per heavy atom. The maximum atomic E-state index is 8.77. The molecule has 92 valence electrons. The van der Waals surface area contributed by atoms with Crippen LogP contribution in [-0.2, 0) is 0 Å². The Morgan fingerprint density at radius 3 is 2.82 bits per heavy atom. The van der Waals surface area contributed by atoms with Crippen molar-refractivity contribution in [2.75, 3.05) is 18.5 Å². The van der Waals surface area contributed by atoms with Gasteiger partial charge in [0.05, 0.1) is 5.39 Å². The number of aliphatic hydroxyl groups is 1. The van der Waals surface area contributed by atoms with Gasteiger partial charge in [0.15, 0.2) is 0 Å². The summed E-state index contributed by atoms with van der Waals surface area (Å²) in [6.07, 6.45) is 0.686. The highest BCUT2D eigenvalue weighted by Crippen LogP contribution is 2.33. The van der Waals surface area contributed by atoms with Crippen LogP contribution in [0.5, 0.6) is 0 Å². The van der Waals surface area contributed by atoms with Crippen molar-refractivity contribution in [1.29, 1.82) is 0 Å². The molecule has 0 bridgehead atoms. The number of hydrogen-bond acceptors (Lipinski definition) is 5. The van der Waals surface area contributed by atoms with Crippen LogP contribution in [0.1, 0.15) is 16.9 Å². The molecule has 0 aliphatic carbocycles. The summed E-state index contributed by atoms with van der Waals surface area (Å²) >= 11 is 7.51. The van der Waals surface area contributed by atoms with Gasteiger partial charge in [0.2, 0.25) is 5.28 Å². The van der Waals surface area contributed by atoms with Crippen LogP contribution in [0.4, 0.5) is 5.82 Å². The number of halogens is 1. The fourth-order valence-electron chi connectivity index (χ4n) is 1.64. The molecule has 4 nitrogen and oxygen atoms in total. The lowest BCUT2D eigenvalue weighted by atomic mass is 10.2. The molecule has 17 heavy (non-hydrogen) atoms. The van der Waals surface area contributed by atoms with Gasteiger partial charge in [-0.2, -0.15) is 0 Å². The summed E-state index contributed by atoms with van der Waals surface area (Å²) in [6.45, 7) is 4.96. The molecule has 0 fully saturated rings. The number of nitrogens with zero attached hydrogens (tertiary/aromatic N) is 2. The first kappa shape index (κ1) is 12.5. The zero-order chi connectivity index (χ0) is 12.4. The molecule has 2 rings (SSSR count). The van der Waals surface area contributed by atoms with E-state index in [4.69, 9.17) is 16.7 Å². The lowest BCUT2D eigenvalue weighted by molar-refractivity contribution is 0.292. The molecule has 0 aliphatic heterocycles. The molecule has 0 spiro atoms. The Hall–Kier alpha value is -0.910. The summed E-state index contributed by atoms with van der Waals surface area (Å²) in [7, 11) is 0. The number of anilines is 1. The maximum Gasteiger partial charge on any atom is 0.225 e. The lowest BCUT2D eigenvalue weighted by Crippen LogP contribution is -2.06. The first-order valence-corrected chi connectivity index (χ1v) is 6.61. The van der Waals surface area contributed by atoms with Crippen molar-refractivity contribution in [1.82, 2.24) is 9.97 Å². The van der Waals surface area contributed by atoms with Gasteiger partial charge in [-0.05, 0) is 37.4 Å². The molecular weight excluding hydrogens is 258 g/mol. The maximum absolute atomic E-state index is 8.77. The van der Waals surface area contributed by atoms with Crippen LogP contribution in [0.25, 0.3) is 10.2 Å². The van der Waals surface area contributed by atoms with Crippen LogP contribution >= 0.6 is 22.9 Å². The van der Waals surface area contributed by atoms with Crippen molar-refractivity contribution in [3.63, 3.8) is 0 Å². The second-order valence-electron chi connectivity index (χ2n) is 3.81. The molecule has 0 unspecified atom stereocenters. The average Bonchev–Trinajstić information content (AvgIpc) is 2.54. The molecule has 2 aromatic heterocycles. The number of aromatic nitrogens is 2. The zero-order valence-corrected chi connectivity index (χ0v) is 11.3. The molecule has 2 N–H and O–H groups in total. The summed E-state index contributed by atoms with van der Waals surface area (Å²) < 4.78 is 0. The average molecular weight is 272 g/mol. The molecule has 2 aromatic rings. The molecule has 2 heterocycles. The predicted octanol–water partition coefficient (Wildman–Crippen LogP) is 2.76. The van der Waals surface area contributed by atoms with Gasteiger partial charge < -0.3 is 10.4 Å². The molecule has 0 saturated carbocycles. The number of rotatable bonds is 4. The summed E-state index contributed by atoms with van der Waals surface area (Å²) in [5, 5.41) is 13.3. The molecule has 0 aromatic carbocycles. The molecular formula is C11H14ClN3OS. The van der Waals surface area contributed by atoms with Gasteiger partial charge in [-0.15, -0.1) is 11.3 Å². The van der Waals surface area contributed by atoms with Gasteiger partial charge in [0.25, 0.3) is 0 Å². The smallest absolute Gasteiger partial charge is 0.225 e. The summed E-state index contributed by atoms with van der Waals surface area (Å²) in [4.78, 5) is 10.6. The van der Waals surface area contributed by atoms with Crippen LogP contribution in [0, 0.1) is 13.8 Å². The third-order valence-electron chi connectivity index (χ3n) is 2.63. The van der Waals surface area contributed by atoms with E-state index in [1.54, 1.807) is 11.3 Å². The number of thiophene rings is 1. The number of hydrogen-bond donors (Lipinski definition) is 2. The summed E-state index contributed by atoms with van der Waals surface area (Å²) in [5.74, 6) is 0.760. The van der Waals surface area contributed by atoms with Crippen LogP contribution < -0.4 is 5.32 Å². The monoisotopic (exact) mass is 271 g/mol. The second-order valence-corrected chi connectivity index (χ2v) is 5.35. The Morgan fingerprint density at radius 1 is 1.35 bits per heavy atom. The molecule has 0 aliphatic rings. The first-order chi connectivity index (χ1) is 8.13. The van der Waals surface area contributed by atoms with E-state index in [2.05, 4.69) is 29.1 Å². The van der Waals surface area contributed by atoms with Gasteiger partial charge >= 0.3 is 0 Å². The minimum Gasteiger partial charge on any atom is -0.396 e. The number of fused-ring (bicyclic) bond motifs is 1. The summed E-state index contributed by atoms with van der Waals surface area (Å²) in [6, 6.07) is 0. The van der Waals surface area contributed by atoms with Crippen LogP contribution in [-0.4, -0.2) is 28.2 Å². The van der Waals surface area contributed by atoms with Crippen molar-refractivity contribution < 1.29 is 5.11 Å². The topological polar surface area (TPSA) is 58.0 Å². The second kappa shape index (κ2) is 5.16. The van der Waals surface area contributed by atoms with E-state index in [0.717, 1.165) is 16.0 Å². The van der Waals surface area contributed by atoms with Crippen molar-refractivity contribution in [2.24, 2.45) is 0 Å². The predicted molar refractivity (Wildman–Crippen MR) is 72.1 cm³/mol. The van der Waals surface area contributed by atoms with Gasteiger partial charge in [0, 0.05) is 18.0 Å². The van der Waals surface area contributed by atoms with Crippen molar-refractivity contribution >= 4 is 39.0 Å². The Labute approximate surface area is 109 Å². The first-order valence-electron chi connectivity index (χ1n) is 5.41. The normalized spacial score (nSPS) is 11.1. The fourth-order valence-corrected chi connectivity index (χ4v) is 2.89. The number of aliphatic hydroxyl groups excluding tert-OH is 1. The fraction of sp³-hybridized carbons (Fsp3) is 0.455. The highest BCUT2D eigenvalue weighted by molar-refractivity contribution is 7.18. The van der Waals surface area contributed by atoms with E-state index in [-0.39, 0.29) is 11.9 Å².